The number of amides is 1. The summed E-state index contributed by atoms with van der Waals surface area (Å²) in [5.74, 6) is -4.49. The minimum Gasteiger partial charge on any atom is -0.481 e. The Labute approximate surface area is 190 Å². The summed E-state index contributed by atoms with van der Waals surface area (Å²) in [6.45, 7) is 0. The molecule has 0 spiro atoms. The van der Waals surface area contributed by atoms with Gasteiger partial charge in [-0.25, -0.2) is 0 Å². The molecule has 3 aromatic carbocycles. The van der Waals surface area contributed by atoms with Crippen LogP contribution in [0.3, 0.4) is 0 Å². The smallest absolute Gasteiger partial charge is 0.308 e. The van der Waals surface area contributed by atoms with Gasteiger partial charge in [-0.05, 0) is 17.2 Å². The number of allylic oxidation sites excluding steroid dienone is 2. The van der Waals surface area contributed by atoms with Crippen molar-refractivity contribution >= 4 is 23.3 Å². The van der Waals surface area contributed by atoms with Crippen molar-refractivity contribution in [2.75, 3.05) is 5.32 Å². The van der Waals surface area contributed by atoms with Crippen LogP contribution in [0.1, 0.15) is 23.0 Å². The minimum atomic E-state index is -1.08. The van der Waals surface area contributed by atoms with Gasteiger partial charge in [0.05, 0.1) is 16.8 Å². The lowest BCUT2D eigenvalue weighted by atomic mass is 9.66. The quantitative estimate of drug-likeness (QED) is 0.318. The Morgan fingerprint density at radius 3 is 1.85 bits per heavy atom. The van der Waals surface area contributed by atoms with Crippen LogP contribution in [0.25, 0.3) is 0 Å². The molecule has 0 aliphatic heterocycles. The topological polar surface area (TPSA) is 110 Å². The van der Waals surface area contributed by atoms with Gasteiger partial charge in [0.15, 0.2) is 0 Å². The first-order valence-electron chi connectivity index (χ1n) is 10.5. The van der Waals surface area contributed by atoms with E-state index in [-0.39, 0.29) is 11.4 Å². The lowest BCUT2D eigenvalue weighted by Crippen LogP contribution is -2.42. The Morgan fingerprint density at radius 1 is 0.788 bits per heavy atom. The molecular weight excluding hydrogens is 420 g/mol. The highest BCUT2D eigenvalue weighted by atomic mass is 16.6. The number of aliphatic carboxylic acids is 1. The number of carboxylic acids is 1. The molecule has 4 atom stereocenters. The number of hydrogen-bond acceptors (Lipinski definition) is 4. The molecule has 7 nitrogen and oxygen atoms in total. The molecule has 0 saturated carbocycles. The number of carbonyl (C=O) groups excluding carboxylic acids is 1. The average Bonchev–Trinajstić information content (AvgIpc) is 2.84. The molecule has 4 rings (SSSR count). The van der Waals surface area contributed by atoms with E-state index in [0.29, 0.717) is 0 Å². The van der Waals surface area contributed by atoms with Gasteiger partial charge in [0.2, 0.25) is 5.91 Å². The van der Waals surface area contributed by atoms with Gasteiger partial charge < -0.3 is 10.4 Å². The monoisotopic (exact) mass is 442 g/mol. The van der Waals surface area contributed by atoms with Crippen LogP contribution in [-0.4, -0.2) is 21.9 Å². The van der Waals surface area contributed by atoms with Crippen molar-refractivity contribution in [2.45, 2.75) is 11.8 Å². The number of nitro benzene ring substituents is 1. The molecule has 7 heteroatoms. The van der Waals surface area contributed by atoms with Crippen molar-refractivity contribution < 1.29 is 19.6 Å². The second-order valence-corrected chi connectivity index (χ2v) is 7.94. The molecule has 0 heterocycles. The second-order valence-electron chi connectivity index (χ2n) is 7.94. The summed E-state index contributed by atoms with van der Waals surface area (Å²) in [4.78, 5) is 36.6. The van der Waals surface area contributed by atoms with Crippen LogP contribution in [0.5, 0.6) is 0 Å². The lowest BCUT2D eigenvalue weighted by molar-refractivity contribution is -0.384. The molecule has 0 fully saturated rings. The number of nitrogens with one attached hydrogen (secondary N) is 1. The van der Waals surface area contributed by atoms with E-state index in [0.717, 1.165) is 11.1 Å². The molecule has 0 radical (unpaired) electrons. The van der Waals surface area contributed by atoms with E-state index in [4.69, 9.17) is 0 Å². The van der Waals surface area contributed by atoms with Crippen molar-refractivity contribution in [1.29, 1.82) is 0 Å². The molecule has 3 aromatic rings. The van der Waals surface area contributed by atoms with Crippen LogP contribution < -0.4 is 5.32 Å². The molecule has 33 heavy (non-hydrogen) atoms. The van der Waals surface area contributed by atoms with Gasteiger partial charge in [-0.2, -0.15) is 0 Å². The molecular formula is C26H22N2O5. The van der Waals surface area contributed by atoms with E-state index in [9.17, 15) is 24.8 Å². The van der Waals surface area contributed by atoms with Gasteiger partial charge in [-0.3, -0.25) is 19.7 Å². The zero-order valence-electron chi connectivity index (χ0n) is 17.6. The van der Waals surface area contributed by atoms with Crippen molar-refractivity contribution in [3.8, 4) is 0 Å². The maximum Gasteiger partial charge on any atom is 0.308 e. The Morgan fingerprint density at radius 2 is 1.33 bits per heavy atom. The normalized spacial score (nSPS) is 21.8. The van der Waals surface area contributed by atoms with Gasteiger partial charge >= 0.3 is 5.97 Å². The maximum absolute atomic E-state index is 13.5. The fourth-order valence-electron chi connectivity index (χ4n) is 4.47. The predicted octanol–water partition coefficient (Wildman–Crippen LogP) is 4.99. The third-order valence-corrected chi connectivity index (χ3v) is 5.97. The highest BCUT2D eigenvalue weighted by Crippen LogP contribution is 2.45. The van der Waals surface area contributed by atoms with Crippen molar-refractivity contribution in [3.05, 3.63) is 118 Å². The van der Waals surface area contributed by atoms with Crippen LogP contribution in [0.2, 0.25) is 0 Å². The highest BCUT2D eigenvalue weighted by Gasteiger charge is 2.46. The summed E-state index contributed by atoms with van der Waals surface area (Å²) < 4.78 is 0. The van der Waals surface area contributed by atoms with Crippen LogP contribution in [-0.2, 0) is 9.59 Å². The van der Waals surface area contributed by atoms with Gasteiger partial charge in [0.25, 0.3) is 5.69 Å². The number of benzene rings is 3. The van der Waals surface area contributed by atoms with E-state index in [1.807, 2.05) is 72.8 Å². The van der Waals surface area contributed by atoms with Crippen LogP contribution >= 0.6 is 0 Å². The van der Waals surface area contributed by atoms with Gasteiger partial charge in [0, 0.05) is 29.7 Å². The third-order valence-electron chi connectivity index (χ3n) is 5.97. The number of nitrogens with zero attached hydrogens (tertiary/aromatic N) is 1. The Bertz CT molecular complexity index is 1190. The number of hydrogen-bond donors (Lipinski definition) is 2. The average molecular weight is 442 g/mol. The first-order valence-corrected chi connectivity index (χ1v) is 10.5. The lowest BCUT2D eigenvalue weighted by Gasteiger charge is -2.37. The number of non-ortho nitro benzene ring substituents is 1. The number of nitro groups is 1. The summed E-state index contributed by atoms with van der Waals surface area (Å²) >= 11 is 0. The van der Waals surface area contributed by atoms with Crippen LogP contribution in [0.15, 0.2) is 97.1 Å². The second kappa shape index (κ2) is 9.48. The van der Waals surface area contributed by atoms with E-state index < -0.39 is 40.5 Å². The van der Waals surface area contributed by atoms with Crippen molar-refractivity contribution in [1.82, 2.24) is 0 Å². The van der Waals surface area contributed by atoms with Crippen LogP contribution in [0.4, 0.5) is 11.4 Å². The van der Waals surface area contributed by atoms with Crippen molar-refractivity contribution in [3.63, 3.8) is 0 Å². The Hall–Kier alpha value is -4.26. The summed E-state index contributed by atoms with van der Waals surface area (Å²) in [7, 11) is 0. The summed E-state index contributed by atoms with van der Waals surface area (Å²) in [5, 5.41) is 24.1. The molecule has 0 aromatic heterocycles. The van der Waals surface area contributed by atoms with Crippen molar-refractivity contribution in [2.24, 2.45) is 11.8 Å². The minimum absolute atomic E-state index is 0.159. The summed E-state index contributed by atoms with van der Waals surface area (Å²) in [6, 6.07) is 24.1. The summed E-state index contributed by atoms with van der Waals surface area (Å²) in [6.07, 6.45) is 3.76. The molecule has 1 amide bonds. The number of anilines is 1. The van der Waals surface area contributed by atoms with Crippen LogP contribution in [0, 0.1) is 22.0 Å². The fourth-order valence-corrected chi connectivity index (χ4v) is 4.47. The Kier molecular flexibility index (Phi) is 6.31. The van der Waals surface area contributed by atoms with Gasteiger partial charge in [-0.1, -0.05) is 78.9 Å². The van der Waals surface area contributed by atoms with E-state index in [2.05, 4.69) is 5.32 Å². The maximum atomic E-state index is 13.5. The number of carboxylic acid groups (broad SMARTS) is 1. The molecule has 0 saturated heterocycles. The first-order chi connectivity index (χ1) is 16.0. The van der Waals surface area contributed by atoms with Gasteiger partial charge in [-0.15, -0.1) is 0 Å². The zero-order valence-corrected chi connectivity index (χ0v) is 17.6. The molecule has 1 aliphatic rings. The highest BCUT2D eigenvalue weighted by molar-refractivity contribution is 5.97. The van der Waals surface area contributed by atoms with E-state index in [1.165, 1.54) is 18.2 Å². The molecule has 2 N–H and O–H groups in total. The number of carbonyl (C=O) groups is 2. The van der Waals surface area contributed by atoms with E-state index >= 15 is 0 Å². The summed E-state index contributed by atoms with van der Waals surface area (Å²) in [5.41, 5.74) is 1.72. The molecule has 0 bridgehead atoms. The third kappa shape index (κ3) is 4.67. The first kappa shape index (κ1) is 22.0. The zero-order chi connectivity index (χ0) is 23.4. The standard InChI is InChI=1S/C26H22N2O5/c29-25(27-19-12-7-13-20(16-19)28(32)33)23-21(17-8-3-1-4-9-17)14-15-22(24(23)26(30)31)18-10-5-2-6-11-18/h1-16,21-24H,(H,27,29)(H,30,31)/t21-,22+,23-,24-/m1/s1. The predicted molar refractivity (Wildman–Crippen MR) is 124 cm³/mol. The number of rotatable bonds is 6. The molecule has 0 unspecified atom stereocenters. The van der Waals surface area contributed by atoms with E-state index in [1.54, 1.807) is 6.07 Å². The SMILES string of the molecule is O=C(Nc1cccc([N+](=O)[O-])c1)[C@H]1[C@H](C(=O)O)[C@H](c2ccccc2)C=C[C@@H]1c1ccccc1. The molecule has 166 valence electrons. The Balaban J connectivity index is 1.76. The largest absolute Gasteiger partial charge is 0.481 e. The van der Waals surface area contributed by atoms with Gasteiger partial charge in [0.1, 0.15) is 0 Å². The molecule has 1 aliphatic carbocycles. The fraction of sp³-hybridized carbons (Fsp3) is 0.154.